The molecule has 2 aromatic rings. The van der Waals surface area contributed by atoms with Gasteiger partial charge in [0.25, 0.3) is 0 Å². The van der Waals surface area contributed by atoms with E-state index in [9.17, 15) is 4.79 Å². The number of piperidine rings is 1. The first-order valence-electron chi connectivity index (χ1n) is 9.81. The number of ether oxygens (including phenoxy) is 1. The summed E-state index contributed by atoms with van der Waals surface area (Å²) in [5, 5.41) is 0. The average molecular weight is 349 g/mol. The van der Waals surface area contributed by atoms with E-state index in [1.54, 1.807) is 0 Å². The minimum Gasteiger partial charge on any atom is -0.464 e. The monoisotopic (exact) mass is 349 g/mol. The highest BCUT2D eigenvalue weighted by Crippen LogP contribution is 2.59. The number of carbonyl (C=O) groups excluding carboxylic acids is 1. The molecule has 1 saturated heterocycles. The molecule has 1 heterocycles. The van der Waals surface area contributed by atoms with Crippen molar-refractivity contribution in [1.29, 1.82) is 0 Å². The lowest BCUT2D eigenvalue weighted by atomic mass is 9.86. The van der Waals surface area contributed by atoms with Crippen molar-refractivity contribution in [3.05, 3.63) is 71.8 Å². The molecule has 26 heavy (non-hydrogen) atoms. The molecule has 1 aliphatic carbocycles. The highest BCUT2D eigenvalue weighted by Gasteiger charge is 2.61. The Morgan fingerprint density at radius 2 is 1.50 bits per heavy atom. The molecule has 0 amide bonds. The molecule has 2 aromatic carbocycles. The van der Waals surface area contributed by atoms with Gasteiger partial charge < -0.3 is 4.74 Å². The summed E-state index contributed by atoms with van der Waals surface area (Å²) in [5.41, 5.74) is 2.21. The predicted molar refractivity (Wildman–Crippen MR) is 103 cm³/mol. The first-order chi connectivity index (χ1) is 12.8. The summed E-state index contributed by atoms with van der Waals surface area (Å²) in [6.07, 6.45) is 4.70. The molecule has 2 aliphatic rings. The number of rotatable bonds is 6. The number of esters is 1. The van der Waals surface area contributed by atoms with E-state index in [1.165, 1.54) is 30.4 Å². The number of hydrogen-bond acceptors (Lipinski definition) is 3. The maximum atomic E-state index is 12.8. The quantitative estimate of drug-likeness (QED) is 0.738. The minimum absolute atomic E-state index is 0.0466. The van der Waals surface area contributed by atoms with Crippen molar-refractivity contribution in [2.45, 2.75) is 31.1 Å². The van der Waals surface area contributed by atoms with E-state index in [0.717, 1.165) is 26.1 Å². The first kappa shape index (κ1) is 17.3. The van der Waals surface area contributed by atoms with Crippen LogP contribution in [0.15, 0.2) is 60.7 Å². The van der Waals surface area contributed by atoms with E-state index in [4.69, 9.17) is 4.74 Å². The SMILES string of the molecule is O=C(OCCN1CCCCC1)[C@H]1CC1(c1ccccc1)c1ccccc1. The third-order valence-electron chi connectivity index (χ3n) is 5.92. The molecule has 3 heteroatoms. The van der Waals surface area contributed by atoms with Crippen LogP contribution in [-0.2, 0) is 14.9 Å². The molecule has 0 N–H and O–H groups in total. The standard InChI is InChI=1S/C23H27NO2/c25-22(26-17-16-24-14-8-3-9-15-24)21-18-23(21,19-10-4-1-5-11-19)20-12-6-2-7-13-20/h1-2,4-7,10-13,21H,3,8-9,14-18H2/t21-/m1/s1. The second-order valence-corrected chi connectivity index (χ2v) is 7.53. The molecule has 4 rings (SSSR count). The van der Waals surface area contributed by atoms with Crippen molar-refractivity contribution < 1.29 is 9.53 Å². The number of hydrogen-bond donors (Lipinski definition) is 0. The van der Waals surface area contributed by atoms with Crippen LogP contribution in [0.3, 0.4) is 0 Å². The van der Waals surface area contributed by atoms with Gasteiger partial charge in [-0.25, -0.2) is 0 Å². The lowest BCUT2D eigenvalue weighted by Gasteiger charge is -2.26. The summed E-state index contributed by atoms with van der Waals surface area (Å²) < 4.78 is 5.69. The summed E-state index contributed by atoms with van der Waals surface area (Å²) in [4.78, 5) is 15.2. The molecule has 1 atom stereocenters. The average Bonchev–Trinajstić information content (AvgIpc) is 3.47. The molecular formula is C23H27NO2. The third kappa shape index (κ3) is 3.41. The molecule has 1 saturated carbocycles. The molecule has 1 aliphatic heterocycles. The largest absolute Gasteiger partial charge is 0.464 e. The third-order valence-corrected chi connectivity index (χ3v) is 5.92. The molecule has 0 spiro atoms. The van der Waals surface area contributed by atoms with Gasteiger partial charge in [-0.1, -0.05) is 67.1 Å². The number of benzene rings is 2. The van der Waals surface area contributed by atoms with Crippen molar-refractivity contribution in [3.8, 4) is 0 Å². The molecule has 2 fully saturated rings. The van der Waals surface area contributed by atoms with Crippen LogP contribution in [0.1, 0.15) is 36.8 Å². The van der Waals surface area contributed by atoms with E-state index in [1.807, 2.05) is 12.1 Å². The molecule has 0 bridgehead atoms. The van der Waals surface area contributed by atoms with E-state index in [2.05, 4.69) is 53.4 Å². The van der Waals surface area contributed by atoms with Gasteiger partial charge >= 0.3 is 5.97 Å². The van der Waals surface area contributed by atoms with Crippen LogP contribution in [0, 0.1) is 5.92 Å². The van der Waals surface area contributed by atoms with Gasteiger partial charge in [-0.15, -0.1) is 0 Å². The minimum atomic E-state index is -0.218. The Bertz CT molecular complexity index is 683. The molecule has 0 unspecified atom stereocenters. The zero-order valence-electron chi connectivity index (χ0n) is 15.3. The Balaban J connectivity index is 1.44. The lowest BCUT2D eigenvalue weighted by Crippen LogP contribution is -2.33. The summed E-state index contributed by atoms with van der Waals surface area (Å²) in [5.74, 6) is -0.122. The van der Waals surface area contributed by atoms with Gasteiger partial charge in [0.15, 0.2) is 0 Å². The van der Waals surface area contributed by atoms with Crippen molar-refractivity contribution >= 4 is 5.97 Å². The van der Waals surface area contributed by atoms with Gasteiger partial charge in [0.2, 0.25) is 0 Å². The zero-order valence-corrected chi connectivity index (χ0v) is 15.3. The summed E-state index contributed by atoms with van der Waals surface area (Å²) in [6.45, 7) is 3.65. The van der Waals surface area contributed by atoms with E-state index >= 15 is 0 Å². The van der Waals surface area contributed by atoms with Crippen molar-refractivity contribution in [3.63, 3.8) is 0 Å². The van der Waals surface area contributed by atoms with Gasteiger partial charge in [-0.2, -0.15) is 0 Å². The van der Waals surface area contributed by atoms with Gasteiger partial charge in [0, 0.05) is 12.0 Å². The molecule has 136 valence electrons. The van der Waals surface area contributed by atoms with E-state index < -0.39 is 0 Å². The Morgan fingerprint density at radius 3 is 2.08 bits per heavy atom. The second kappa shape index (κ2) is 7.63. The molecule has 0 radical (unpaired) electrons. The zero-order chi connectivity index (χ0) is 17.8. The topological polar surface area (TPSA) is 29.5 Å². The van der Waals surface area contributed by atoms with Gasteiger partial charge in [0.05, 0.1) is 5.92 Å². The number of nitrogens with zero attached hydrogens (tertiary/aromatic N) is 1. The normalized spacial score (nSPS) is 21.9. The van der Waals surface area contributed by atoms with Gasteiger partial charge in [-0.3, -0.25) is 9.69 Å². The fourth-order valence-corrected chi connectivity index (χ4v) is 4.38. The smallest absolute Gasteiger partial charge is 0.310 e. The Morgan fingerprint density at radius 1 is 0.923 bits per heavy atom. The van der Waals surface area contributed by atoms with Crippen LogP contribution in [0.4, 0.5) is 0 Å². The Labute approximate surface area is 156 Å². The van der Waals surface area contributed by atoms with Crippen molar-refractivity contribution in [2.24, 2.45) is 5.92 Å². The van der Waals surface area contributed by atoms with E-state index in [0.29, 0.717) is 6.61 Å². The highest BCUT2D eigenvalue weighted by molar-refractivity contribution is 5.81. The second-order valence-electron chi connectivity index (χ2n) is 7.53. The van der Waals surface area contributed by atoms with Crippen LogP contribution >= 0.6 is 0 Å². The fourth-order valence-electron chi connectivity index (χ4n) is 4.38. The van der Waals surface area contributed by atoms with Crippen molar-refractivity contribution in [1.82, 2.24) is 4.90 Å². The number of carbonyl (C=O) groups is 1. The molecule has 3 nitrogen and oxygen atoms in total. The van der Waals surface area contributed by atoms with Gasteiger partial charge in [-0.05, 0) is 43.5 Å². The van der Waals surface area contributed by atoms with Crippen LogP contribution in [0.25, 0.3) is 0 Å². The fraction of sp³-hybridized carbons (Fsp3) is 0.435. The van der Waals surface area contributed by atoms with Crippen LogP contribution in [0.2, 0.25) is 0 Å². The lowest BCUT2D eigenvalue weighted by molar-refractivity contribution is -0.146. The van der Waals surface area contributed by atoms with Crippen LogP contribution in [-0.4, -0.2) is 37.1 Å². The summed E-state index contributed by atoms with van der Waals surface area (Å²) >= 11 is 0. The van der Waals surface area contributed by atoms with Crippen LogP contribution < -0.4 is 0 Å². The van der Waals surface area contributed by atoms with Crippen molar-refractivity contribution in [2.75, 3.05) is 26.2 Å². The summed E-state index contributed by atoms with van der Waals surface area (Å²) in [7, 11) is 0. The van der Waals surface area contributed by atoms with Gasteiger partial charge in [0.1, 0.15) is 6.61 Å². The highest BCUT2D eigenvalue weighted by atomic mass is 16.5. The maximum absolute atomic E-state index is 12.8. The number of likely N-dealkylation sites (tertiary alicyclic amines) is 1. The predicted octanol–water partition coefficient (Wildman–Crippen LogP) is 4.02. The Hall–Kier alpha value is -2.13. The molecule has 0 aromatic heterocycles. The Kier molecular flexibility index (Phi) is 5.07. The summed E-state index contributed by atoms with van der Waals surface area (Å²) in [6, 6.07) is 20.8. The maximum Gasteiger partial charge on any atom is 0.310 e. The molecular weight excluding hydrogens is 322 g/mol. The first-order valence-corrected chi connectivity index (χ1v) is 9.81. The van der Waals surface area contributed by atoms with E-state index in [-0.39, 0.29) is 17.3 Å². The van der Waals surface area contributed by atoms with Crippen LogP contribution in [0.5, 0.6) is 0 Å².